The van der Waals surface area contributed by atoms with E-state index >= 15 is 0 Å². The maximum absolute atomic E-state index is 12.8. The fourth-order valence-electron chi connectivity index (χ4n) is 5.29. The molecule has 0 spiro atoms. The maximum atomic E-state index is 12.8. The molecule has 0 radical (unpaired) electrons. The van der Waals surface area contributed by atoms with Crippen LogP contribution in [0.1, 0.15) is 89.0 Å². The van der Waals surface area contributed by atoms with E-state index in [-0.39, 0.29) is 0 Å². The molecule has 2 unspecified atom stereocenters. The third kappa shape index (κ3) is 6.30. The summed E-state index contributed by atoms with van der Waals surface area (Å²) in [5, 5.41) is 0. The number of benzene rings is 1. The first-order valence-corrected chi connectivity index (χ1v) is 11.7. The molecule has 2 heterocycles. The third-order valence-corrected chi connectivity index (χ3v) is 6.87. The van der Waals surface area contributed by atoms with Crippen LogP contribution >= 0.6 is 0 Å². The standard InChI is InChI=1S/C26H39NO/c1-2-3-4-5-6-7-8-12-18-26(28)23-19-24-16-13-17-25(20-23)27(24)21-22-14-10-9-11-15-22/h2,9-11,14-15,23-25H,1,3-8,12-13,16-21H2. The van der Waals surface area contributed by atoms with E-state index in [2.05, 4.69) is 41.8 Å². The molecule has 0 amide bonds. The molecule has 2 aliphatic rings. The zero-order valence-electron chi connectivity index (χ0n) is 17.7. The molecule has 2 fully saturated rings. The number of hydrogen-bond donors (Lipinski definition) is 0. The van der Waals surface area contributed by atoms with E-state index in [1.165, 1.54) is 56.9 Å². The molecule has 2 heteroatoms. The number of carbonyl (C=O) groups excluding carboxylic acids is 1. The van der Waals surface area contributed by atoms with Crippen LogP contribution in [0.5, 0.6) is 0 Å². The normalized spacial score (nSPS) is 24.8. The molecule has 2 aliphatic heterocycles. The third-order valence-electron chi connectivity index (χ3n) is 6.87. The van der Waals surface area contributed by atoms with E-state index < -0.39 is 0 Å². The monoisotopic (exact) mass is 381 g/mol. The van der Waals surface area contributed by atoms with E-state index in [1.807, 2.05) is 6.08 Å². The van der Waals surface area contributed by atoms with Crippen molar-refractivity contribution in [1.29, 1.82) is 0 Å². The summed E-state index contributed by atoms with van der Waals surface area (Å²) >= 11 is 0. The van der Waals surface area contributed by atoms with Crippen LogP contribution in [-0.2, 0) is 11.3 Å². The zero-order chi connectivity index (χ0) is 19.6. The molecule has 0 aliphatic carbocycles. The number of Topliss-reactive ketones (excluding diaryl/α,β-unsaturated/α-hetero) is 1. The highest BCUT2D eigenvalue weighted by atomic mass is 16.1. The number of ketones is 1. The molecule has 3 rings (SSSR count). The largest absolute Gasteiger partial charge is 0.299 e. The lowest BCUT2D eigenvalue weighted by Gasteiger charge is -2.48. The van der Waals surface area contributed by atoms with Gasteiger partial charge in [-0.3, -0.25) is 9.69 Å². The van der Waals surface area contributed by atoms with Crippen molar-refractivity contribution in [3.05, 3.63) is 48.6 Å². The number of carbonyl (C=O) groups is 1. The van der Waals surface area contributed by atoms with E-state index in [4.69, 9.17) is 0 Å². The summed E-state index contributed by atoms with van der Waals surface area (Å²) in [6.45, 7) is 4.84. The predicted octanol–water partition coefficient (Wildman–Crippen LogP) is 6.70. The number of piperidine rings is 2. The van der Waals surface area contributed by atoms with Gasteiger partial charge in [0, 0.05) is 31.0 Å². The minimum atomic E-state index is 0.329. The number of hydrogen-bond acceptors (Lipinski definition) is 2. The van der Waals surface area contributed by atoms with Gasteiger partial charge in [0.1, 0.15) is 5.78 Å². The van der Waals surface area contributed by atoms with Gasteiger partial charge < -0.3 is 0 Å². The number of rotatable bonds is 12. The highest BCUT2D eigenvalue weighted by molar-refractivity contribution is 5.81. The molecule has 2 nitrogen and oxygen atoms in total. The second-order valence-corrected chi connectivity index (χ2v) is 8.98. The van der Waals surface area contributed by atoms with Crippen LogP contribution in [0, 0.1) is 5.92 Å². The molecule has 1 aromatic carbocycles. The fourth-order valence-corrected chi connectivity index (χ4v) is 5.29. The van der Waals surface area contributed by atoms with Crippen molar-refractivity contribution in [2.45, 2.75) is 102 Å². The Labute approximate surface area is 172 Å². The Bertz CT molecular complexity index is 582. The van der Waals surface area contributed by atoms with Crippen LogP contribution in [0.4, 0.5) is 0 Å². The van der Waals surface area contributed by atoms with Gasteiger partial charge in [-0.15, -0.1) is 6.58 Å². The van der Waals surface area contributed by atoms with Gasteiger partial charge in [-0.25, -0.2) is 0 Å². The van der Waals surface area contributed by atoms with Gasteiger partial charge in [0.15, 0.2) is 0 Å². The molecular formula is C26H39NO. The van der Waals surface area contributed by atoms with Gasteiger partial charge in [-0.2, -0.15) is 0 Å². The minimum Gasteiger partial charge on any atom is -0.299 e. The molecule has 0 N–H and O–H groups in total. The van der Waals surface area contributed by atoms with Crippen LogP contribution < -0.4 is 0 Å². The summed E-state index contributed by atoms with van der Waals surface area (Å²) < 4.78 is 0. The number of allylic oxidation sites excluding steroid dienone is 1. The van der Waals surface area contributed by atoms with Gasteiger partial charge in [0.2, 0.25) is 0 Å². The highest BCUT2D eigenvalue weighted by Gasteiger charge is 2.40. The van der Waals surface area contributed by atoms with E-state index in [0.717, 1.165) is 38.6 Å². The molecule has 2 saturated heterocycles. The van der Waals surface area contributed by atoms with E-state index in [9.17, 15) is 4.79 Å². The van der Waals surface area contributed by atoms with Crippen molar-refractivity contribution in [2.24, 2.45) is 5.92 Å². The lowest BCUT2D eigenvalue weighted by atomic mass is 9.76. The van der Waals surface area contributed by atoms with Gasteiger partial charge in [0.05, 0.1) is 0 Å². The minimum absolute atomic E-state index is 0.329. The average molecular weight is 382 g/mol. The summed E-state index contributed by atoms with van der Waals surface area (Å²) in [6.07, 6.45) is 17.6. The van der Waals surface area contributed by atoms with Crippen LogP contribution in [0.3, 0.4) is 0 Å². The Kier molecular flexibility index (Phi) is 8.79. The summed E-state index contributed by atoms with van der Waals surface area (Å²) in [5.41, 5.74) is 1.41. The summed E-state index contributed by atoms with van der Waals surface area (Å²) in [6, 6.07) is 12.1. The second-order valence-electron chi connectivity index (χ2n) is 8.98. The molecule has 1 aromatic rings. The van der Waals surface area contributed by atoms with Crippen molar-refractivity contribution in [2.75, 3.05) is 0 Å². The Hall–Kier alpha value is -1.41. The molecule has 0 aromatic heterocycles. The van der Waals surface area contributed by atoms with Crippen LogP contribution in [0.2, 0.25) is 0 Å². The van der Waals surface area contributed by atoms with Crippen LogP contribution in [0.25, 0.3) is 0 Å². The quantitative estimate of drug-likeness (QED) is 0.297. The Balaban J connectivity index is 1.39. The Morgan fingerprint density at radius 2 is 1.61 bits per heavy atom. The molecule has 28 heavy (non-hydrogen) atoms. The molecule has 2 bridgehead atoms. The van der Waals surface area contributed by atoms with Crippen molar-refractivity contribution in [3.8, 4) is 0 Å². The molecular weight excluding hydrogens is 342 g/mol. The van der Waals surface area contributed by atoms with Crippen molar-refractivity contribution >= 4 is 5.78 Å². The van der Waals surface area contributed by atoms with E-state index in [1.54, 1.807) is 0 Å². The average Bonchev–Trinajstić information content (AvgIpc) is 2.70. The van der Waals surface area contributed by atoms with E-state index in [0.29, 0.717) is 23.8 Å². The summed E-state index contributed by atoms with van der Waals surface area (Å²) in [7, 11) is 0. The molecule has 2 atom stereocenters. The predicted molar refractivity (Wildman–Crippen MR) is 118 cm³/mol. The summed E-state index contributed by atoms with van der Waals surface area (Å²) in [4.78, 5) is 15.6. The number of fused-ring (bicyclic) bond motifs is 2. The van der Waals surface area contributed by atoms with Crippen LogP contribution in [-0.4, -0.2) is 22.8 Å². The number of unbranched alkanes of at least 4 members (excludes halogenated alkanes) is 6. The zero-order valence-corrected chi connectivity index (χ0v) is 17.7. The second kappa shape index (κ2) is 11.6. The van der Waals surface area contributed by atoms with Gasteiger partial charge in [0.25, 0.3) is 0 Å². The van der Waals surface area contributed by atoms with Gasteiger partial charge in [-0.05, 0) is 50.5 Å². The smallest absolute Gasteiger partial charge is 0.136 e. The topological polar surface area (TPSA) is 20.3 Å². The van der Waals surface area contributed by atoms with Crippen molar-refractivity contribution in [1.82, 2.24) is 4.90 Å². The number of nitrogens with zero attached hydrogens (tertiary/aromatic N) is 1. The lowest BCUT2D eigenvalue weighted by molar-refractivity contribution is -0.127. The Morgan fingerprint density at radius 1 is 0.964 bits per heavy atom. The van der Waals surface area contributed by atoms with Crippen LogP contribution in [0.15, 0.2) is 43.0 Å². The Morgan fingerprint density at radius 3 is 2.29 bits per heavy atom. The maximum Gasteiger partial charge on any atom is 0.136 e. The van der Waals surface area contributed by atoms with Crippen molar-refractivity contribution in [3.63, 3.8) is 0 Å². The van der Waals surface area contributed by atoms with Gasteiger partial charge in [-0.1, -0.05) is 68.5 Å². The first kappa shape index (κ1) is 21.3. The summed E-state index contributed by atoms with van der Waals surface area (Å²) in [5.74, 6) is 0.887. The lowest BCUT2D eigenvalue weighted by Crippen LogP contribution is -2.52. The highest BCUT2D eigenvalue weighted by Crippen LogP contribution is 2.38. The first-order chi connectivity index (χ1) is 13.8. The molecule has 0 saturated carbocycles. The van der Waals surface area contributed by atoms with Crippen molar-refractivity contribution < 1.29 is 4.79 Å². The van der Waals surface area contributed by atoms with Gasteiger partial charge >= 0.3 is 0 Å². The SMILES string of the molecule is C=CCCCCCCCCC(=O)C1CC2CCCC(C1)N2Cc1ccccc1. The molecule has 154 valence electrons. The first-order valence-electron chi connectivity index (χ1n) is 11.7. The fraction of sp³-hybridized carbons (Fsp3) is 0.654.